The molecule has 0 spiro atoms. The van der Waals surface area contributed by atoms with Crippen molar-refractivity contribution in [3.8, 4) is 0 Å². The molecule has 0 amide bonds. The summed E-state index contributed by atoms with van der Waals surface area (Å²) in [6, 6.07) is 0. The van der Waals surface area contributed by atoms with E-state index in [1.54, 1.807) is 6.20 Å². The molecule has 78 valence electrons. The minimum Gasteiger partial charge on any atom is -0.316 e. The largest absolute Gasteiger partial charge is 0.316 e. The Hall–Kier alpha value is -1.49. The molecule has 1 atom stereocenters. The van der Waals surface area contributed by atoms with Gasteiger partial charge in [-0.2, -0.15) is 5.10 Å². The highest BCUT2D eigenvalue weighted by atomic mass is 15.1. The first-order chi connectivity index (χ1) is 7.43. The van der Waals surface area contributed by atoms with Gasteiger partial charge in [-0.15, -0.1) is 0 Å². The third-order valence-electron chi connectivity index (χ3n) is 2.87. The lowest BCUT2D eigenvalue weighted by Crippen LogP contribution is -2.29. The molecule has 15 heavy (non-hydrogen) atoms. The molecule has 3 heterocycles. The van der Waals surface area contributed by atoms with E-state index in [0.29, 0.717) is 5.92 Å². The lowest BCUT2D eigenvalue weighted by molar-refractivity contribution is 0.447. The maximum Gasteiger partial charge on any atom is 0.158 e. The molecule has 2 aromatic heterocycles. The van der Waals surface area contributed by atoms with Crippen LogP contribution in [0.1, 0.15) is 24.6 Å². The van der Waals surface area contributed by atoms with E-state index in [0.717, 1.165) is 29.9 Å². The summed E-state index contributed by atoms with van der Waals surface area (Å²) in [5, 5.41) is 11.2. The number of hydrogen-bond donors (Lipinski definition) is 2. The van der Waals surface area contributed by atoms with Gasteiger partial charge >= 0.3 is 0 Å². The molecular formula is C10H13N5. The van der Waals surface area contributed by atoms with Crippen LogP contribution in [0.5, 0.6) is 0 Å². The second-order valence-corrected chi connectivity index (χ2v) is 3.95. The van der Waals surface area contributed by atoms with Crippen LogP contribution in [0, 0.1) is 0 Å². The number of aromatic nitrogens is 4. The summed E-state index contributed by atoms with van der Waals surface area (Å²) in [6.07, 6.45) is 5.97. The molecule has 1 saturated heterocycles. The van der Waals surface area contributed by atoms with Gasteiger partial charge in [0, 0.05) is 18.7 Å². The standard InChI is InChI=1S/C10H13N5/c1-2-7(4-11-3-1)9-12-5-8-6-13-15-10(8)14-9/h5-7,11H,1-4H2,(H,12,13,14,15). The Bertz CT molecular complexity index is 458. The van der Waals surface area contributed by atoms with Crippen molar-refractivity contribution in [2.45, 2.75) is 18.8 Å². The Morgan fingerprint density at radius 3 is 3.20 bits per heavy atom. The van der Waals surface area contributed by atoms with Crippen LogP contribution >= 0.6 is 0 Å². The predicted octanol–water partition coefficient (Wildman–Crippen LogP) is 0.820. The molecule has 3 rings (SSSR count). The van der Waals surface area contributed by atoms with E-state index < -0.39 is 0 Å². The minimum absolute atomic E-state index is 0.450. The van der Waals surface area contributed by atoms with Crippen LogP contribution in [-0.2, 0) is 0 Å². The van der Waals surface area contributed by atoms with E-state index in [1.165, 1.54) is 12.8 Å². The predicted molar refractivity (Wildman–Crippen MR) is 56.5 cm³/mol. The van der Waals surface area contributed by atoms with Crippen LogP contribution in [0.15, 0.2) is 12.4 Å². The second-order valence-electron chi connectivity index (χ2n) is 3.95. The third-order valence-corrected chi connectivity index (χ3v) is 2.87. The Morgan fingerprint density at radius 1 is 1.33 bits per heavy atom. The monoisotopic (exact) mass is 203 g/mol. The van der Waals surface area contributed by atoms with Gasteiger partial charge in [0.25, 0.3) is 0 Å². The zero-order chi connectivity index (χ0) is 10.1. The number of hydrogen-bond acceptors (Lipinski definition) is 4. The van der Waals surface area contributed by atoms with Gasteiger partial charge in [0.2, 0.25) is 0 Å². The third kappa shape index (κ3) is 1.59. The molecule has 0 saturated carbocycles. The van der Waals surface area contributed by atoms with Crippen molar-refractivity contribution < 1.29 is 0 Å². The smallest absolute Gasteiger partial charge is 0.158 e. The van der Waals surface area contributed by atoms with E-state index in [1.807, 2.05) is 6.20 Å². The van der Waals surface area contributed by atoms with Crippen molar-refractivity contribution in [2.24, 2.45) is 0 Å². The molecule has 1 fully saturated rings. The number of H-pyrrole nitrogens is 1. The lowest BCUT2D eigenvalue weighted by atomic mass is 9.99. The van der Waals surface area contributed by atoms with Gasteiger partial charge in [-0.1, -0.05) is 0 Å². The first-order valence-corrected chi connectivity index (χ1v) is 5.30. The fourth-order valence-corrected chi connectivity index (χ4v) is 2.02. The van der Waals surface area contributed by atoms with Crippen molar-refractivity contribution in [3.05, 3.63) is 18.2 Å². The average molecular weight is 203 g/mol. The maximum absolute atomic E-state index is 4.49. The van der Waals surface area contributed by atoms with Crippen LogP contribution in [0.25, 0.3) is 11.0 Å². The molecule has 5 nitrogen and oxygen atoms in total. The summed E-state index contributed by atoms with van der Waals surface area (Å²) >= 11 is 0. The molecular weight excluding hydrogens is 190 g/mol. The number of nitrogens with zero attached hydrogens (tertiary/aromatic N) is 3. The first-order valence-electron chi connectivity index (χ1n) is 5.30. The maximum atomic E-state index is 4.49. The minimum atomic E-state index is 0.450. The highest BCUT2D eigenvalue weighted by Gasteiger charge is 2.18. The normalized spacial score (nSPS) is 22.0. The van der Waals surface area contributed by atoms with Crippen LogP contribution < -0.4 is 5.32 Å². The van der Waals surface area contributed by atoms with Gasteiger partial charge in [0.05, 0.1) is 11.6 Å². The lowest BCUT2D eigenvalue weighted by Gasteiger charge is -2.20. The fourth-order valence-electron chi connectivity index (χ4n) is 2.02. The van der Waals surface area contributed by atoms with Crippen molar-refractivity contribution in [3.63, 3.8) is 0 Å². The molecule has 0 bridgehead atoms. The van der Waals surface area contributed by atoms with Crippen molar-refractivity contribution in [2.75, 3.05) is 13.1 Å². The van der Waals surface area contributed by atoms with E-state index in [-0.39, 0.29) is 0 Å². The van der Waals surface area contributed by atoms with Crippen LogP contribution in [0.2, 0.25) is 0 Å². The van der Waals surface area contributed by atoms with Gasteiger partial charge in [0.1, 0.15) is 5.82 Å². The highest BCUT2D eigenvalue weighted by molar-refractivity contribution is 5.72. The molecule has 0 aromatic carbocycles. The quantitative estimate of drug-likeness (QED) is 0.720. The van der Waals surface area contributed by atoms with Gasteiger partial charge in [-0.05, 0) is 19.4 Å². The zero-order valence-corrected chi connectivity index (χ0v) is 8.40. The van der Waals surface area contributed by atoms with Gasteiger partial charge in [0.15, 0.2) is 5.65 Å². The Labute approximate surface area is 87.3 Å². The molecule has 2 N–H and O–H groups in total. The molecule has 2 aromatic rings. The average Bonchev–Trinajstić information content (AvgIpc) is 2.77. The molecule has 1 unspecified atom stereocenters. The summed E-state index contributed by atoms with van der Waals surface area (Å²) in [5.74, 6) is 1.38. The summed E-state index contributed by atoms with van der Waals surface area (Å²) < 4.78 is 0. The van der Waals surface area contributed by atoms with Crippen LogP contribution in [0.3, 0.4) is 0 Å². The SMILES string of the molecule is c1n[nH]c2nc(C3CCCNC3)ncc12. The molecule has 0 aliphatic carbocycles. The number of aromatic amines is 1. The highest BCUT2D eigenvalue weighted by Crippen LogP contribution is 2.20. The van der Waals surface area contributed by atoms with Crippen LogP contribution in [-0.4, -0.2) is 33.3 Å². The summed E-state index contributed by atoms with van der Waals surface area (Å²) in [4.78, 5) is 8.88. The second kappa shape index (κ2) is 3.58. The summed E-state index contributed by atoms with van der Waals surface area (Å²) in [6.45, 7) is 2.10. The topological polar surface area (TPSA) is 66.5 Å². The van der Waals surface area contributed by atoms with E-state index in [2.05, 4.69) is 25.5 Å². The first kappa shape index (κ1) is 8.79. The molecule has 1 aliphatic heterocycles. The van der Waals surface area contributed by atoms with E-state index >= 15 is 0 Å². The summed E-state index contributed by atoms with van der Waals surface area (Å²) in [5.41, 5.74) is 0.838. The Morgan fingerprint density at radius 2 is 2.33 bits per heavy atom. The van der Waals surface area contributed by atoms with Crippen molar-refractivity contribution in [1.82, 2.24) is 25.5 Å². The number of rotatable bonds is 1. The Balaban J connectivity index is 1.95. The van der Waals surface area contributed by atoms with E-state index in [4.69, 9.17) is 0 Å². The zero-order valence-electron chi connectivity index (χ0n) is 8.40. The number of nitrogens with one attached hydrogen (secondary N) is 2. The fraction of sp³-hybridized carbons (Fsp3) is 0.500. The van der Waals surface area contributed by atoms with Gasteiger partial charge in [-0.25, -0.2) is 9.97 Å². The molecule has 0 radical (unpaired) electrons. The van der Waals surface area contributed by atoms with Crippen LogP contribution in [0.4, 0.5) is 0 Å². The van der Waals surface area contributed by atoms with E-state index in [9.17, 15) is 0 Å². The van der Waals surface area contributed by atoms with Gasteiger partial charge in [-0.3, -0.25) is 5.10 Å². The van der Waals surface area contributed by atoms with Gasteiger partial charge < -0.3 is 5.32 Å². The van der Waals surface area contributed by atoms with Crippen molar-refractivity contribution in [1.29, 1.82) is 0 Å². The number of fused-ring (bicyclic) bond motifs is 1. The molecule has 5 heteroatoms. The summed E-state index contributed by atoms with van der Waals surface area (Å²) in [7, 11) is 0. The van der Waals surface area contributed by atoms with Crippen molar-refractivity contribution >= 4 is 11.0 Å². The molecule has 1 aliphatic rings. The Kier molecular flexibility index (Phi) is 2.10. The number of piperidine rings is 1.